The van der Waals surface area contributed by atoms with Gasteiger partial charge in [-0.3, -0.25) is 0 Å². The van der Waals surface area contributed by atoms with Gasteiger partial charge in [0.15, 0.2) is 5.84 Å². The molecule has 0 unspecified atom stereocenters. The van der Waals surface area contributed by atoms with Crippen molar-refractivity contribution in [2.75, 3.05) is 19.8 Å². The van der Waals surface area contributed by atoms with Crippen molar-refractivity contribution in [3.05, 3.63) is 35.4 Å². The molecule has 0 aromatic heterocycles. The average molecular weight is 251 g/mol. The summed E-state index contributed by atoms with van der Waals surface area (Å²) in [5, 5.41) is 14.9. The van der Waals surface area contributed by atoms with Crippen LogP contribution >= 0.6 is 0 Å². The number of hydrogen-bond donors (Lipinski definition) is 3. The van der Waals surface area contributed by atoms with Crippen molar-refractivity contribution >= 4 is 5.84 Å². The van der Waals surface area contributed by atoms with Gasteiger partial charge in [0.2, 0.25) is 0 Å². The minimum absolute atomic E-state index is 0.133. The molecule has 0 heterocycles. The van der Waals surface area contributed by atoms with Crippen molar-refractivity contribution in [2.45, 2.75) is 19.9 Å². The molecule has 0 bridgehead atoms. The smallest absolute Gasteiger partial charge is 0.170 e. The molecule has 18 heavy (non-hydrogen) atoms. The van der Waals surface area contributed by atoms with Gasteiger partial charge in [-0.25, -0.2) is 0 Å². The van der Waals surface area contributed by atoms with E-state index in [1.807, 2.05) is 31.2 Å². The Balaban J connectivity index is 2.34. The maximum atomic E-state index is 8.61. The topological polar surface area (TPSA) is 79.9 Å². The van der Waals surface area contributed by atoms with E-state index < -0.39 is 0 Å². The average Bonchev–Trinajstić information content (AvgIpc) is 2.42. The van der Waals surface area contributed by atoms with E-state index in [1.54, 1.807) is 0 Å². The van der Waals surface area contributed by atoms with Crippen LogP contribution in [0.1, 0.15) is 24.5 Å². The lowest BCUT2D eigenvalue weighted by molar-refractivity contribution is 0.144. The van der Waals surface area contributed by atoms with E-state index >= 15 is 0 Å². The molecule has 0 saturated carbocycles. The fraction of sp³-hybridized carbons (Fsp3) is 0.462. The first-order chi connectivity index (χ1) is 8.77. The maximum Gasteiger partial charge on any atom is 0.170 e. The van der Waals surface area contributed by atoms with Gasteiger partial charge in [0, 0.05) is 25.3 Å². The number of nitrogens with one attached hydrogen (secondary N) is 1. The fourth-order valence-corrected chi connectivity index (χ4v) is 1.57. The molecule has 5 heteroatoms. The second-order valence-electron chi connectivity index (χ2n) is 3.91. The number of nitrogens with zero attached hydrogens (tertiary/aromatic N) is 1. The molecule has 1 rings (SSSR count). The van der Waals surface area contributed by atoms with Gasteiger partial charge in [-0.05, 0) is 31.5 Å². The third-order valence-electron chi connectivity index (χ3n) is 2.51. The van der Waals surface area contributed by atoms with Gasteiger partial charge in [-0.15, -0.1) is 0 Å². The summed E-state index contributed by atoms with van der Waals surface area (Å²) in [6.07, 6.45) is 0.994. The SMILES string of the molecule is CCOCCCNCc1cccc(/C(N)=N/O)c1. The predicted octanol–water partition coefficient (Wildman–Crippen LogP) is 1.30. The van der Waals surface area contributed by atoms with Crippen molar-refractivity contribution in [2.24, 2.45) is 10.9 Å². The van der Waals surface area contributed by atoms with E-state index in [2.05, 4.69) is 10.5 Å². The van der Waals surface area contributed by atoms with Crippen molar-refractivity contribution in [3.63, 3.8) is 0 Å². The Bertz CT molecular complexity index is 380. The number of ether oxygens (including phenoxy) is 1. The zero-order valence-corrected chi connectivity index (χ0v) is 10.7. The Hall–Kier alpha value is -1.59. The van der Waals surface area contributed by atoms with Crippen LogP contribution in [0.25, 0.3) is 0 Å². The van der Waals surface area contributed by atoms with E-state index in [4.69, 9.17) is 15.7 Å². The maximum absolute atomic E-state index is 8.61. The Kier molecular flexibility index (Phi) is 6.83. The normalized spacial score (nSPS) is 11.7. The molecule has 0 aliphatic heterocycles. The molecular weight excluding hydrogens is 230 g/mol. The standard InChI is InChI=1S/C13H21N3O2/c1-2-18-8-4-7-15-10-11-5-3-6-12(9-11)13(14)16-17/h3,5-6,9,15,17H,2,4,7-8,10H2,1H3,(H2,14,16). The van der Waals surface area contributed by atoms with Crippen LogP contribution < -0.4 is 11.1 Å². The number of rotatable bonds is 8. The molecule has 5 nitrogen and oxygen atoms in total. The molecule has 0 aliphatic carbocycles. The molecule has 1 aromatic carbocycles. The van der Waals surface area contributed by atoms with Crippen LogP contribution in [0.5, 0.6) is 0 Å². The first-order valence-corrected chi connectivity index (χ1v) is 6.13. The Morgan fingerprint density at radius 3 is 3.06 bits per heavy atom. The van der Waals surface area contributed by atoms with Crippen LogP contribution in [0.2, 0.25) is 0 Å². The van der Waals surface area contributed by atoms with Gasteiger partial charge >= 0.3 is 0 Å². The van der Waals surface area contributed by atoms with Gasteiger partial charge in [-0.2, -0.15) is 0 Å². The second kappa shape index (κ2) is 8.49. The number of benzene rings is 1. The Labute approximate surface area is 108 Å². The molecule has 0 saturated heterocycles. The summed E-state index contributed by atoms with van der Waals surface area (Å²) >= 11 is 0. The summed E-state index contributed by atoms with van der Waals surface area (Å²) in [7, 11) is 0. The molecule has 0 fully saturated rings. The summed E-state index contributed by atoms with van der Waals surface area (Å²) in [6, 6.07) is 7.62. The van der Waals surface area contributed by atoms with Crippen LogP contribution in [-0.4, -0.2) is 30.8 Å². The molecule has 0 spiro atoms. The molecular formula is C13H21N3O2. The summed E-state index contributed by atoms with van der Waals surface area (Å²) in [6.45, 7) is 5.22. The van der Waals surface area contributed by atoms with Crippen molar-refractivity contribution in [1.29, 1.82) is 0 Å². The quantitative estimate of drug-likeness (QED) is 0.214. The molecule has 4 N–H and O–H groups in total. The first-order valence-electron chi connectivity index (χ1n) is 6.13. The summed E-state index contributed by atoms with van der Waals surface area (Å²) in [5.41, 5.74) is 7.37. The van der Waals surface area contributed by atoms with Crippen LogP contribution in [0, 0.1) is 0 Å². The lowest BCUT2D eigenvalue weighted by Gasteiger charge is -2.06. The highest BCUT2D eigenvalue weighted by Gasteiger charge is 2.00. The minimum atomic E-state index is 0.133. The van der Waals surface area contributed by atoms with E-state index in [9.17, 15) is 0 Å². The third-order valence-corrected chi connectivity index (χ3v) is 2.51. The number of nitrogens with two attached hydrogens (primary N) is 1. The van der Waals surface area contributed by atoms with Crippen LogP contribution in [0.15, 0.2) is 29.4 Å². The van der Waals surface area contributed by atoms with E-state index in [-0.39, 0.29) is 5.84 Å². The number of hydrogen-bond acceptors (Lipinski definition) is 4. The molecule has 0 aliphatic rings. The molecule has 1 aromatic rings. The fourth-order valence-electron chi connectivity index (χ4n) is 1.57. The zero-order valence-electron chi connectivity index (χ0n) is 10.7. The third kappa shape index (κ3) is 5.16. The summed E-state index contributed by atoms with van der Waals surface area (Å²) in [4.78, 5) is 0. The predicted molar refractivity (Wildman–Crippen MR) is 71.8 cm³/mol. The van der Waals surface area contributed by atoms with Gasteiger partial charge in [0.1, 0.15) is 0 Å². The second-order valence-corrected chi connectivity index (χ2v) is 3.91. The molecule has 100 valence electrons. The highest BCUT2D eigenvalue weighted by molar-refractivity contribution is 5.97. The monoisotopic (exact) mass is 251 g/mol. The minimum Gasteiger partial charge on any atom is -0.409 e. The largest absolute Gasteiger partial charge is 0.409 e. The first kappa shape index (κ1) is 14.5. The highest BCUT2D eigenvalue weighted by Crippen LogP contribution is 2.04. The molecule has 0 radical (unpaired) electrons. The van der Waals surface area contributed by atoms with Crippen LogP contribution in [-0.2, 0) is 11.3 Å². The summed E-state index contributed by atoms with van der Waals surface area (Å²) < 4.78 is 5.25. The van der Waals surface area contributed by atoms with E-state index in [0.29, 0.717) is 0 Å². The number of amidine groups is 1. The molecule has 0 atom stereocenters. The van der Waals surface area contributed by atoms with E-state index in [0.717, 1.165) is 43.9 Å². The van der Waals surface area contributed by atoms with Crippen molar-refractivity contribution in [1.82, 2.24) is 5.32 Å². The number of oxime groups is 1. The highest BCUT2D eigenvalue weighted by atomic mass is 16.5. The summed E-state index contributed by atoms with van der Waals surface area (Å²) in [5.74, 6) is 0.133. The zero-order chi connectivity index (χ0) is 13.2. The van der Waals surface area contributed by atoms with Crippen molar-refractivity contribution < 1.29 is 9.94 Å². The van der Waals surface area contributed by atoms with E-state index in [1.165, 1.54) is 0 Å². The van der Waals surface area contributed by atoms with Crippen molar-refractivity contribution in [3.8, 4) is 0 Å². The van der Waals surface area contributed by atoms with Gasteiger partial charge in [0.05, 0.1) is 0 Å². The van der Waals surface area contributed by atoms with Crippen LogP contribution in [0.3, 0.4) is 0 Å². The Morgan fingerprint density at radius 1 is 1.50 bits per heavy atom. The van der Waals surface area contributed by atoms with Gasteiger partial charge in [0.25, 0.3) is 0 Å². The lowest BCUT2D eigenvalue weighted by atomic mass is 10.1. The van der Waals surface area contributed by atoms with Gasteiger partial charge in [-0.1, -0.05) is 23.4 Å². The van der Waals surface area contributed by atoms with Gasteiger partial charge < -0.3 is 21.0 Å². The van der Waals surface area contributed by atoms with Crippen LogP contribution in [0.4, 0.5) is 0 Å². The lowest BCUT2D eigenvalue weighted by Crippen LogP contribution is -2.17. The Morgan fingerprint density at radius 2 is 2.33 bits per heavy atom. The molecule has 0 amide bonds.